The van der Waals surface area contributed by atoms with Crippen molar-refractivity contribution in [3.8, 4) is 0 Å². The van der Waals surface area contributed by atoms with Crippen LogP contribution in [0.15, 0.2) is 0 Å². The van der Waals surface area contributed by atoms with Crippen molar-refractivity contribution in [2.45, 2.75) is 32.4 Å². The molecule has 0 radical (unpaired) electrons. The number of carbonyl (C=O) groups excluding carboxylic acids is 1. The molecule has 0 rings (SSSR count). The van der Waals surface area contributed by atoms with E-state index in [4.69, 9.17) is 15.6 Å². The lowest BCUT2D eigenvalue weighted by atomic mass is 10.2. The Morgan fingerprint density at radius 3 is 2.20 bits per heavy atom. The highest BCUT2D eigenvalue weighted by Gasteiger charge is 2.28. The first-order chi connectivity index (χ1) is 6.69. The maximum absolute atomic E-state index is 11.4. The number of nitrogens with two attached hydrogens (primary N) is 1. The van der Waals surface area contributed by atoms with Crippen molar-refractivity contribution in [3.63, 3.8) is 0 Å². The number of hydrogen-bond acceptors (Lipinski definition) is 4. The Hall–Kier alpha value is -1.30. The van der Waals surface area contributed by atoms with Gasteiger partial charge in [0.15, 0.2) is 0 Å². The van der Waals surface area contributed by atoms with Crippen LogP contribution in [0.3, 0.4) is 0 Å². The van der Waals surface area contributed by atoms with E-state index in [-0.39, 0.29) is 6.54 Å². The number of hydrogen-bond donors (Lipinski definition) is 2. The smallest absolute Gasteiger partial charge is 0.410 e. The Labute approximate surface area is 89.0 Å². The molecule has 0 aromatic rings. The molecule has 0 aliphatic rings. The van der Waals surface area contributed by atoms with E-state index >= 15 is 0 Å². The summed E-state index contributed by atoms with van der Waals surface area (Å²) in [7, 11) is 1.35. The fourth-order valence-electron chi connectivity index (χ4n) is 0.886. The summed E-state index contributed by atoms with van der Waals surface area (Å²) in [6.07, 6.45) is -0.694. The highest BCUT2D eigenvalue weighted by Crippen LogP contribution is 2.10. The summed E-state index contributed by atoms with van der Waals surface area (Å²) in [5, 5.41) is 8.76. The first kappa shape index (κ1) is 13.7. The standard InChI is InChI=1S/C9H18N2O4/c1-9(2,3)15-8(14)11(4)6(5-10)7(12)13/h6H,5,10H2,1-4H3,(H,12,13). The Morgan fingerprint density at radius 2 is 1.93 bits per heavy atom. The van der Waals surface area contributed by atoms with Crippen LogP contribution in [0.25, 0.3) is 0 Å². The van der Waals surface area contributed by atoms with Gasteiger partial charge in [0, 0.05) is 13.6 Å². The highest BCUT2D eigenvalue weighted by atomic mass is 16.6. The minimum absolute atomic E-state index is 0.148. The summed E-state index contributed by atoms with van der Waals surface area (Å²) >= 11 is 0. The second-order valence-electron chi connectivity index (χ2n) is 4.18. The molecule has 6 heteroatoms. The molecular formula is C9H18N2O4. The number of carboxylic acid groups (broad SMARTS) is 1. The number of carbonyl (C=O) groups is 2. The third kappa shape index (κ3) is 4.64. The van der Waals surface area contributed by atoms with E-state index in [0.717, 1.165) is 4.90 Å². The van der Waals surface area contributed by atoms with Crippen LogP contribution in [0.5, 0.6) is 0 Å². The van der Waals surface area contributed by atoms with E-state index in [1.165, 1.54) is 7.05 Å². The minimum Gasteiger partial charge on any atom is -0.480 e. The first-order valence-electron chi connectivity index (χ1n) is 4.57. The zero-order valence-corrected chi connectivity index (χ0v) is 9.48. The molecule has 1 amide bonds. The number of nitrogens with zero attached hydrogens (tertiary/aromatic N) is 1. The molecule has 0 bridgehead atoms. The zero-order chi connectivity index (χ0) is 12.2. The van der Waals surface area contributed by atoms with Gasteiger partial charge in [-0.3, -0.25) is 4.90 Å². The van der Waals surface area contributed by atoms with Crippen molar-refractivity contribution in [2.75, 3.05) is 13.6 Å². The molecule has 15 heavy (non-hydrogen) atoms. The molecule has 6 nitrogen and oxygen atoms in total. The van der Waals surface area contributed by atoms with Crippen LogP contribution in [0.2, 0.25) is 0 Å². The molecule has 0 spiro atoms. The van der Waals surface area contributed by atoms with Crippen LogP contribution in [0.4, 0.5) is 4.79 Å². The van der Waals surface area contributed by atoms with Crippen LogP contribution in [-0.2, 0) is 9.53 Å². The summed E-state index contributed by atoms with van der Waals surface area (Å²) in [6, 6.07) is -1.06. The lowest BCUT2D eigenvalue weighted by Gasteiger charge is -2.27. The first-order valence-corrected chi connectivity index (χ1v) is 4.57. The van der Waals surface area contributed by atoms with Gasteiger partial charge in [0.1, 0.15) is 11.6 Å². The van der Waals surface area contributed by atoms with Crippen LogP contribution in [-0.4, -0.2) is 47.3 Å². The lowest BCUT2D eigenvalue weighted by molar-refractivity contribution is -0.142. The number of carboxylic acids is 1. The van der Waals surface area contributed by atoms with E-state index < -0.39 is 23.7 Å². The molecule has 88 valence electrons. The van der Waals surface area contributed by atoms with Gasteiger partial charge in [-0.1, -0.05) is 0 Å². The average molecular weight is 218 g/mol. The van der Waals surface area contributed by atoms with Crippen molar-refractivity contribution < 1.29 is 19.4 Å². The molecule has 0 aromatic heterocycles. The van der Waals surface area contributed by atoms with E-state index in [0.29, 0.717) is 0 Å². The zero-order valence-electron chi connectivity index (χ0n) is 9.48. The molecule has 0 fully saturated rings. The number of aliphatic carboxylic acids is 1. The molecule has 0 saturated heterocycles. The van der Waals surface area contributed by atoms with E-state index in [9.17, 15) is 9.59 Å². The van der Waals surface area contributed by atoms with Gasteiger partial charge < -0.3 is 15.6 Å². The third-order valence-corrected chi connectivity index (χ3v) is 1.66. The Morgan fingerprint density at radius 1 is 1.47 bits per heavy atom. The van der Waals surface area contributed by atoms with Gasteiger partial charge in [0.05, 0.1) is 0 Å². The van der Waals surface area contributed by atoms with Crippen molar-refractivity contribution in [3.05, 3.63) is 0 Å². The summed E-state index contributed by atoms with van der Waals surface area (Å²) in [4.78, 5) is 23.1. The summed E-state index contributed by atoms with van der Waals surface area (Å²) in [6.45, 7) is 4.97. The lowest BCUT2D eigenvalue weighted by Crippen LogP contribution is -2.48. The quantitative estimate of drug-likeness (QED) is 0.709. The molecule has 1 atom stereocenters. The van der Waals surface area contributed by atoms with E-state index in [1.807, 2.05) is 0 Å². The van der Waals surface area contributed by atoms with Crippen molar-refractivity contribution in [1.82, 2.24) is 4.90 Å². The number of ether oxygens (including phenoxy) is 1. The molecule has 1 unspecified atom stereocenters. The van der Waals surface area contributed by atoms with Gasteiger partial charge in [-0.25, -0.2) is 9.59 Å². The van der Waals surface area contributed by atoms with Gasteiger partial charge >= 0.3 is 12.1 Å². The molecular weight excluding hydrogens is 200 g/mol. The van der Waals surface area contributed by atoms with E-state index in [1.54, 1.807) is 20.8 Å². The molecule has 0 aliphatic heterocycles. The molecule has 0 saturated carbocycles. The maximum Gasteiger partial charge on any atom is 0.410 e. The van der Waals surface area contributed by atoms with Crippen molar-refractivity contribution in [1.29, 1.82) is 0 Å². The summed E-state index contributed by atoms with van der Waals surface area (Å²) < 4.78 is 5.00. The Bertz CT molecular complexity index is 247. The summed E-state index contributed by atoms with van der Waals surface area (Å²) in [5.74, 6) is -1.15. The minimum atomic E-state index is -1.15. The van der Waals surface area contributed by atoms with Gasteiger partial charge in [-0.05, 0) is 20.8 Å². The Kier molecular flexibility index (Phi) is 4.54. The SMILES string of the molecule is CN(C(=O)OC(C)(C)C)C(CN)C(=O)O. The van der Waals surface area contributed by atoms with Crippen LogP contribution in [0.1, 0.15) is 20.8 Å². The normalized spacial score (nSPS) is 13.1. The number of likely N-dealkylation sites (N-methyl/N-ethyl adjacent to an activating group) is 1. The van der Waals surface area contributed by atoms with Crippen LogP contribution in [0, 0.1) is 0 Å². The number of rotatable bonds is 3. The number of amides is 1. The van der Waals surface area contributed by atoms with Crippen molar-refractivity contribution >= 4 is 12.1 Å². The van der Waals surface area contributed by atoms with Crippen molar-refractivity contribution in [2.24, 2.45) is 5.73 Å². The summed E-state index contributed by atoms with van der Waals surface area (Å²) in [5.41, 5.74) is 4.60. The monoisotopic (exact) mass is 218 g/mol. The third-order valence-electron chi connectivity index (χ3n) is 1.66. The fraction of sp³-hybridized carbons (Fsp3) is 0.778. The van der Waals surface area contributed by atoms with Gasteiger partial charge in [-0.2, -0.15) is 0 Å². The van der Waals surface area contributed by atoms with E-state index in [2.05, 4.69) is 0 Å². The topological polar surface area (TPSA) is 92.9 Å². The molecule has 3 N–H and O–H groups in total. The molecule has 0 heterocycles. The maximum atomic E-state index is 11.4. The largest absolute Gasteiger partial charge is 0.480 e. The second kappa shape index (κ2) is 4.97. The highest BCUT2D eigenvalue weighted by molar-refractivity contribution is 5.80. The van der Waals surface area contributed by atoms with Gasteiger partial charge in [0.2, 0.25) is 0 Å². The van der Waals surface area contributed by atoms with Crippen LogP contribution < -0.4 is 5.73 Å². The predicted molar refractivity (Wildman–Crippen MR) is 54.5 cm³/mol. The van der Waals surface area contributed by atoms with Gasteiger partial charge in [0.25, 0.3) is 0 Å². The van der Waals surface area contributed by atoms with Crippen LogP contribution >= 0.6 is 0 Å². The molecule has 0 aliphatic carbocycles. The second-order valence-corrected chi connectivity index (χ2v) is 4.18. The van der Waals surface area contributed by atoms with Gasteiger partial charge in [-0.15, -0.1) is 0 Å². The fourth-order valence-corrected chi connectivity index (χ4v) is 0.886. The average Bonchev–Trinajstić information content (AvgIpc) is 2.01. The Balaban J connectivity index is 4.49. The predicted octanol–water partition coefficient (Wildman–Crippen LogP) is 0.265. The molecule has 0 aromatic carbocycles.